The Morgan fingerprint density at radius 2 is 1.53 bits per heavy atom. The highest BCUT2D eigenvalue weighted by atomic mass is 127. The van der Waals surface area contributed by atoms with Crippen molar-refractivity contribution in [3.63, 3.8) is 0 Å². The summed E-state index contributed by atoms with van der Waals surface area (Å²) in [5.41, 5.74) is -1.27. The maximum Gasteiger partial charge on any atom is 0.573 e. The molecule has 0 atom stereocenters. The normalized spacial score (nSPS) is 12.7. The molecule has 0 fully saturated rings. The number of ether oxygens (including phenoxy) is 1. The molecular formula is C7HF6I2NO. The second-order valence-electron chi connectivity index (χ2n) is 2.66. The topological polar surface area (TPSA) is 22.1 Å². The first-order chi connectivity index (χ1) is 7.50. The Morgan fingerprint density at radius 1 is 1.00 bits per heavy atom. The van der Waals surface area contributed by atoms with Crippen LogP contribution in [0.3, 0.4) is 0 Å². The second kappa shape index (κ2) is 4.93. The molecule has 2 nitrogen and oxygen atoms in total. The van der Waals surface area contributed by atoms with Gasteiger partial charge in [-0.2, -0.15) is 13.2 Å². The monoisotopic (exact) mass is 483 g/mol. The molecule has 0 saturated heterocycles. The van der Waals surface area contributed by atoms with Crippen LogP contribution in [0.25, 0.3) is 0 Å². The van der Waals surface area contributed by atoms with E-state index in [0.717, 1.165) is 0 Å². The molecule has 0 amide bonds. The van der Waals surface area contributed by atoms with E-state index in [0.29, 0.717) is 0 Å². The molecule has 0 unspecified atom stereocenters. The minimum absolute atomic E-state index is 0.282. The fraction of sp³-hybridized carbons (Fsp3) is 0.286. The van der Waals surface area contributed by atoms with Crippen molar-refractivity contribution in [2.24, 2.45) is 0 Å². The van der Waals surface area contributed by atoms with Crippen molar-refractivity contribution in [2.45, 2.75) is 12.5 Å². The minimum atomic E-state index is -5.06. The van der Waals surface area contributed by atoms with E-state index in [1.807, 2.05) is 0 Å². The summed E-state index contributed by atoms with van der Waals surface area (Å²) < 4.78 is 75.7. The fourth-order valence-electron chi connectivity index (χ4n) is 0.847. The molecule has 0 aliphatic heterocycles. The summed E-state index contributed by atoms with van der Waals surface area (Å²) in [6.07, 6.45) is -9.84. The second-order valence-corrected chi connectivity index (χ2v) is 4.70. The molecule has 1 rings (SSSR count). The van der Waals surface area contributed by atoms with E-state index in [9.17, 15) is 26.3 Å². The predicted octanol–water partition coefficient (Wildman–Crippen LogP) is 4.21. The van der Waals surface area contributed by atoms with E-state index in [2.05, 4.69) is 9.72 Å². The van der Waals surface area contributed by atoms with Crippen molar-refractivity contribution in [1.29, 1.82) is 0 Å². The SMILES string of the molecule is FC(F)(F)Oc1cc(C(F)(F)F)c(I)nc1I. The molecule has 96 valence electrons. The lowest BCUT2D eigenvalue weighted by Gasteiger charge is -2.14. The van der Waals surface area contributed by atoms with Crippen molar-refractivity contribution in [1.82, 2.24) is 4.98 Å². The van der Waals surface area contributed by atoms with Crippen molar-refractivity contribution in [3.05, 3.63) is 19.0 Å². The van der Waals surface area contributed by atoms with Crippen LogP contribution in [0.5, 0.6) is 5.75 Å². The third-order valence-electron chi connectivity index (χ3n) is 1.43. The van der Waals surface area contributed by atoms with Gasteiger partial charge in [0.1, 0.15) is 7.40 Å². The van der Waals surface area contributed by atoms with Gasteiger partial charge >= 0.3 is 12.5 Å². The predicted molar refractivity (Wildman–Crippen MR) is 61.4 cm³/mol. The molecule has 0 aliphatic rings. The summed E-state index contributed by atoms with van der Waals surface area (Å²) in [5.74, 6) is -0.967. The fourth-order valence-corrected chi connectivity index (χ4v) is 2.52. The Hall–Kier alpha value is -0.0100. The van der Waals surface area contributed by atoms with E-state index in [1.54, 1.807) is 0 Å². The van der Waals surface area contributed by atoms with Crippen LogP contribution in [-0.4, -0.2) is 11.3 Å². The average Bonchev–Trinajstić information content (AvgIpc) is 2.05. The Balaban J connectivity index is 3.25. The first kappa shape index (κ1) is 15.0. The van der Waals surface area contributed by atoms with Crippen molar-refractivity contribution >= 4 is 45.2 Å². The number of rotatable bonds is 1. The van der Waals surface area contributed by atoms with Gasteiger partial charge in [0.15, 0.2) is 5.75 Å². The first-order valence-corrected chi connectivity index (χ1v) is 5.85. The number of aromatic nitrogens is 1. The number of alkyl halides is 6. The molecule has 0 aliphatic carbocycles. The van der Waals surface area contributed by atoms with Crippen molar-refractivity contribution in [3.8, 4) is 5.75 Å². The van der Waals surface area contributed by atoms with Gasteiger partial charge in [0.25, 0.3) is 0 Å². The van der Waals surface area contributed by atoms with Gasteiger partial charge in [-0.1, -0.05) is 0 Å². The maximum absolute atomic E-state index is 12.4. The summed E-state index contributed by atoms with van der Waals surface area (Å²) in [7, 11) is 0. The number of nitrogens with zero attached hydrogens (tertiary/aromatic N) is 1. The van der Waals surface area contributed by atoms with Crippen LogP contribution in [0, 0.1) is 7.40 Å². The molecule has 1 aromatic rings. The Morgan fingerprint density at radius 3 is 1.94 bits per heavy atom. The highest BCUT2D eigenvalue weighted by Crippen LogP contribution is 2.37. The van der Waals surface area contributed by atoms with Crippen molar-refractivity contribution < 1.29 is 31.1 Å². The first-order valence-electron chi connectivity index (χ1n) is 3.69. The maximum atomic E-state index is 12.4. The van der Waals surface area contributed by atoms with Crippen molar-refractivity contribution in [2.75, 3.05) is 0 Å². The van der Waals surface area contributed by atoms with Crippen LogP contribution in [0.1, 0.15) is 5.56 Å². The van der Waals surface area contributed by atoms with Crippen LogP contribution >= 0.6 is 45.2 Å². The molecule has 17 heavy (non-hydrogen) atoms. The third kappa shape index (κ3) is 4.30. The number of halogens is 8. The summed E-state index contributed by atoms with van der Waals surface area (Å²) in [4.78, 5) is 3.35. The van der Waals surface area contributed by atoms with Crippen LogP contribution in [0.2, 0.25) is 0 Å². The van der Waals surface area contributed by atoms with Gasteiger partial charge in [-0.15, -0.1) is 13.2 Å². The van der Waals surface area contributed by atoms with Crippen LogP contribution < -0.4 is 4.74 Å². The van der Waals surface area contributed by atoms with E-state index in [4.69, 9.17) is 0 Å². The van der Waals surface area contributed by atoms with E-state index < -0.39 is 27.6 Å². The Kier molecular flexibility index (Phi) is 4.37. The number of hydrogen-bond donors (Lipinski definition) is 0. The van der Waals surface area contributed by atoms with E-state index in [1.165, 1.54) is 45.2 Å². The van der Waals surface area contributed by atoms with Gasteiger partial charge in [0, 0.05) is 0 Å². The Bertz CT molecular complexity index is 430. The smallest absolute Gasteiger partial charge is 0.403 e. The number of pyridine rings is 1. The summed E-state index contributed by atoms with van der Waals surface area (Å²) in [6, 6.07) is 0.282. The van der Waals surface area contributed by atoms with Gasteiger partial charge in [0.05, 0.1) is 5.56 Å². The summed E-state index contributed by atoms with van der Waals surface area (Å²) >= 11 is 2.66. The largest absolute Gasteiger partial charge is 0.573 e. The van der Waals surface area contributed by atoms with Gasteiger partial charge in [-0.25, -0.2) is 4.98 Å². The molecule has 0 saturated carbocycles. The molecule has 0 radical (unpaired) electrons. The highest BCUT2D eigenvalue weighted by Gasteiger charge is 2.37. The number of hydrogen-bond acceptors (Lipinski definition) is 2. The zero-order valence-corrected chi connectivity index (χ0v) is 11.8. The Labute approximate surface area is 118 Å². The lowest BCUT2D eigenvalue weighted by Crippen LogP contribution is -2.19. The highest BCUT2D eigenvalue weighted by molar-refractivity contribution is 14.1. The summed E-state index contributed by atoms with van der Waals surface area (Å²) in [6.45, 7) is 0. The lowest BCUT2D eigenvalue weighted by molar-refractivity contribution is -0.275. The zero-order valence-electron chi connectivity index (χ0n) is 7.46. The average molecular weight is 483 g/mol. The standard InChI is InChI=1S/C7HF6I2NO/c8-6(9,10)2-1-3(17-7(11,12)13)5(15)16-4(2)14/h1H. The molecule has 0 bridgehead atoms. The van der Waals surface area contributed by atoms with Crippen LogP contribution in [0.15, 0.2) is 6.07 Å². The van der Waals surface area contributed by atoms with Crippen LogP contribution in [-0.2, 0) is 6.18 Å². The van der Waals surface area contributed by atoms with Gasteiger partial charge < -0.3 is 4.74 Å². The van der Waals surface area contributed by atoms with Gasteiger partial charge in [-0.05, 0) is 51.2 Å². The quantitative estimate of drug-likeness (QED) is 0.340. The molecule has 1 aromatic heterocycles. The molecule has 0 aromatic carbocycles. The van der Waals surface area contributed by atoms with Gasteiger partial charge in [0.2, 0.25) is 0 Å². The lowest BCUT2D eigenvalue weighted by atomic mass is 10.3. The third-order valence-corrected chi connectivity index (χ3v) is 3.02. The molecule has 10 heteroatoms. The molecular weight excluding hydrogens is 482 g/mol. The minimum Gasteiger partial charge on any atom is -0.403 e. The van der Waals surface area contributed by atoms with Gasteiger partial charge in [-0.3, -0.25) is 0 Å². The van der Waals surface area contributed by atoms with E-state index in [-0.39, 0.29) is 9.77 Å². The molecule has 1 heterocycles. The zero-order chi connectivity index (χ0) is 13.4. The molecule has 0 spiro atoms. The van der Waals surface area contributed by atoms with Crippen LogP contribution in [0.4, 0.5) is 26.3 Å². The molecule has 0 N–H and O–H groups in total. The van der Waals surface area contributed by atoms with E-state index >= 15 is 0 Å². The summed E-state index contributed by atoms with van der Waals surface area (Å²) in [5, 5.41) is 0.